The average molecular weight is 361 g/mol. The third kappa shape index (κ3) is 2.75. The first-order valence-corrected chi connectivity index (χ1v) is 8.61. The van der Waals surface area contributed by atoms with Crippen molar-refractivity contribution in [2.24, 2.45) is 7.05 Å². The van der Waals surface area contributed by atoms with Crippen molar-refractivity contribution >= 4 is 10.9 Å². The van der Waals surface area contributed by atoms with Gasteiger partial charge in [-0.25, -0.2) is 0 Å². The van der Waals surface area contributed by atoms with E-state index < -0.39 is 0 Å². The number of benzene rings is 2. The fourth-order valence-electron chi connectivity index (χ4n) is 3.42. The van der Waals surface area contributed by atoms with Crippen LogP contribution in [0.3, 0.4) is 0 Å². The number of para-hydroxylation sites is 1. The van der Waals surface area contributed by atoms with Crippen LogP contribution in [0.4, 0.5) is 0 Å². The number of hydrogen-bond donors (Lipinski definition) is 1. The Bertz CT molecular complexity index is 1180. The summed E-state index contributed by atoms with van der Waals surface area (Å²) in [6.45, 7) is 0. The van der Waals surface area contributed by atoms with Crippen molar-refractivity contribution in [2.45, 2.75) is 6.42 Å². The summed E-state index contributed by atoms with van der Waals surface area (Å²) in [5.74, 6) is 0.104. The zero-order valence-corrected chi connectivity index (χ0v) is 15.1. The quantitative estimate of drug-likeness (QED) is 0.449. The van der Waals surface area contributed by atoms with Gasteiger partial charge in [-0.15, -0.1) is 4.73 Å². The largest absolute Gasteiger partial charge is 0.616 e. The van der Waals surface area contributed by atoms with Gasteiger partial charge >= 0.3 is 11.4 Å². The minimum absolute atomic E-state index is 0.104. The molecule has 0 spiro atoms. The van der Waals surface area contributed by atoms with E-state index in [2.05, 4.69) is 4.98 Å². The van der Waals surface area contributed by atoms with E-state index in [-0.39, 0.29) is 23.6 Å². The molecular formula is C21H19N3O3. The molecule has 0 aliphatic rings. The van der Waals surface area contributed by atoms with Gasteiger partial charge < -0.3 is 14.9 Å². The van der Waals surface area contributed by atoms with E-state index >= 15 is 0 Å². The lowest BCUT2D eigenvalue weighted by atomic mass is 10.1. The lowest BCUT2D eigenvalue weighted by molar-refractivity contribution is -0.621. The van der Waals surface area contributed by atoms with Crippen LogP contribution < -0.4 is 15.0 Å². The molecule has 27 heavy (non-hydrogen) atoms. The summed E-state index contributed by atoms with van der Waals surface area (Å²) in [5.41, 5.74) is 2.80. The van der Waals surface area contributed by atoms with Gasteiger partial charge in [0.05, 0.1) is 13.5 Å². The van der Waals surface area contributed by atoms with Gasteiger partial charge in [0, 0.05) is 29.7 Å². The molecule has 136 valence electrons. The minimum Gasteiger partial charge on any atom is -0.616 e. The van der Waals surface area contributed by atoms with Gasteiger partial charge in [0.15, 0.2) is 5.69 Å². The van der Waals surface area contributed by atoms with E-state index in [1.807, 2.05) is 54.6 Å². The fourth-order valence-corrected chi connectivity index (χ4v) is 3.42. The van der Waals surface area contributed by atoms with Gasteiger partial charge in [0.1, 0.15) is 0 Å². The summed E-state index contributed by atoms with van der Waals surface area (Å²) in [7, 11) is 3.11. The van der Waals surface area contributed by atoms with E-state index in [0.29, 0.717) is 10.4 Å². The summed E-state index contributed by atoms with van der Waals surface area (Å²) in [5, 5.41) is 13.9. The molecule has 6 heteroatoms. The summed E-state index contributed by atoms with van der Waals surface area (Å²) in [6.07, 6.45) is 2.03. The molecule has 0 saturated carbocycles. The molecule has 4 rings (SSSR count). The molecule has 0 saturated heterocycles. The van der Waals surface area contributed by atoms with E-state index in [1.54, 1.807) is 13.2 Å². The second kappa shape index (κ2) is 6.64. The Labute approximate surface area is 155 Å². The van der Waals surface area contributed by atoms with Gasteiger partial charge in [0.25, 0.3) is 5.69 Å². The Kier molecular flexibility index (Phi) is 4.16. The first kappa shape index (κ1) is 16.9. The normalized spacial score (nSPS) is 11.0. The van der Waals surface area contributed by atoms with E-state index in [0.717, 1.165) is 22.0 Å². The highest BCUT2D eigenvalue weighted by Gasteiger charge is 2.28. The van der Waals surface area contributed by atoms with Crippen LogP contribution in [0.5, 0.6) is 5.88 Å². The van der Waals surface area contributed by atoms with E-state index in [4.69, 9.17) is 4.74 Å². The van der Waals surface area contributed by atoms with Crippen molar-refractivity contribution < 1.29 is 9.47 Å². The summed E-state index contributed by atoms with van der Waals surface area (Å²) >= 11 is 0. The first-order valence-electron chi connectivity index (χ1n) is 8.61. The molecule has 0 amide bonds. The maximum Gasteiger partial charge on any atom is 0.404 e. The average Bonchev–Trinajstić information content (AvgIpc) is 3.12. The Morgan fingerprint density at radius 1 is 1.11 bits per heavy atom. The predicted molar refractivity (Wildman–Crippen MR) is 104 cm³/mol. The van der Waals surface area contributed by atoms with E-state index in [9.17, 15) is 10.0 Å². The Morgan fingerprint density at radius 2 is 1.81 bits per heavy atom. The van der Waals surface area contributed by atoms with Gasteiger partial charge in [-0.1, -0.05) is 48.5 Å². The lowest BCUT2D eigenvalue weighted by Gasteiger charge is -2.15. The molecule has 0 atom stereocenters. The molecular weight excluding hydrogens is 342 g/mol. The number of aromatic nitrogens is 3. The number of hydrogen-bond acceptors (Lipinski definition) is 3. The standard InChI is InChI=1S/C21H19N3O3/c1-23-19(16-13-22-17-11-7-6-10-15(16)17)21(27-2)24(26)18(20(23)25)12-14-8-4-3-5-9-14/h3-11,13,22H,12H2,1-2H3. The third-order valence-corrected chi connectivity index (χ3v) is 4.77. The maximum atomic E-state index is 13.0. The van der Waals surface area contributed by atoms with Crippen molar-refractivity contribution in [3.8, 4) is 17.1 Å². The van der Waals surface area contributed by atoms with Crippen molar-refractivity contribution in [3.63, 3.8) is 0 Å². The number of fused-ring (bicyclic) bond motifs is 1. The highest BCUT2D eigenvalue weighted by molar-refractivity contribution is 5.95. The van der Waals surface area contributed by atoms with Gasteiger partial charge in [-0.2, -0.15) is 0 Å². The Morgan fingerprint density at radius 3 is 2.56 bits per heavy atom. The summed E-state index contributed by atoms with van der Waals surface area (Å²) in [4.78, 5) is 16.2. The monoisotopic (exact) mass is 361 g/mol. The zero-order chi connectivity index (χ0) is 19.0. The molecule has 0 radical (unpaired) electrons. The molecule has 0 bridgehead atoms. The van der Waals surface area contributed by atoms with Crippen LogP contribution >= 0.6 is 0 Å². The number of methoxy groups -OCH3 is 1. The SMILES string of the molecule is COc1c(-c2c[nH]c3ccccc23)n(C)c(=O)c(Cc2ccccc2)[n+]1[O-]. The van der Waals surface area contributed by atoms with E-state index in [1.165, 1.54) is 11.7 Å². The summed E-state index contributed by atoms with van der Waals surface area (Å²) < 4.78 is 7.54. The van der Waals surface area contributed by atoms with Crippen LogP contribution in [0.25, 0.3) is 22.2 Å². The zero-order valence-electron chi connectivity index (χ0n) is 15.1. The van der Waals surface area contributed by atoms with Crippen LogP contribution in [-0.4, -0.2) is 16.7 Å². The van der Waals surface area contributed by atoms with Gasteiger partial charge in [-0.3, -0.25) is 9.36 Å². The fraction of sp³-hybridized carbons (Fsp3) is 0.143. The Balaban J connectivity index is 1.95. The molecule has 0 fully saturated rings. The number of H-pyrrole nitrogens is 1. The molecule has 1 N–H and O–H groups in total. The number of rotatable bonds is 4. The molecule has 2 aromatic carbocycles. The van der Waals surface area contributed by atoms with Crippen molar-refractivity contribution in [2.75, 3.05) is 7.11 Å². The third-order valence-electron chi connectivity index (χ3n) is 4.77. The minimum atomic E-state index is -0.338. The first-order chi connectivity index (χ1) is 13.1. The van der Waals surface area contributed by atoms with Crippen molar-refractivity contribution in [1.29, 1.82) is 0 Å². The highest BCUT2D eigenvalue weighted by Crippen LogP contribution is 2.32. The molecule has 6 nitrogen and oxygen atoms in total. The molecule has 0 aliphatic heterocycles. The molecule has 4 aromatic rings. The Hall–Kier alpha value is -3.54. The molecule has 2 heterocycles. The van der Waals surface area contributed by atoms with Crippen molar-refractivity contribution in [3.05, 3.63) is 87.6 Å². The van der Waals surface area contributed by atoms with Crippen LogP contribution in [-0.2, 0) is 13.5 Å². The molecule has 0 aliphatic carbocycles. The maximum absolute atomic E-state index is 13.0. The van der Waals surface area contributed by atoms with Gasteiger partial charge in [-0.05, 0) is 11.6 Å². The predicted octanol–water partition coefficient (Wildman–Crippen LogP) is 2.77. The molecule has 0 unspecified atom stereocenters. The van der Waals surface area contributed by atoms with Crippen LogP contribution in [0.15, 0.2) is 65.6 Å². The number of ether oxygens (including phenoxy) is 1. The second-order valence-electron chi connectivity index (χ2n) is 6.37. The van der Waals surface area contributed by atoms with Crippen LogP contribution in [0.1, 0.15) is 11.3 Å². The molecule has 2 aromatic heterocycles. The summed E-state index contributed by atoms with van der Waals surface area (Å²) in [6, 6.07) is 17.2. The van der Waals surface area contributed by atoms with Gasteiger partial charge in [0.2, 0.25) is 0 Å². The smallest absolute Gasteiger partial charge is 0.404 e. The second-order valence-corrected chi connectivity index (χ2v) is 6.37. The number of aromatic amines is 1. The highest BCUT2D eigenvalue weighted by atomic mass is 16.5. The number of nitrogens with one attached hydrogen (secondary N) is 1. The topological polar surface area (TPSA) is 74.0 Å². The number of nitrogens with zero attached hydrogens (tertiary/aromatic N) is 2. The van der Waals surface area contributed by atoms with Crippen LogP contribution in [0, 0.1) is 5.21 Å². The van der Waals surface area contributed by atoms with Crippen LogP contribution in [0.2, 0.25) is 0 Å². The lowest BCUT2D eigenvalue weighted by Crippen LogP contribution is -2.44. The van der Waals surface area contributed by atoms with Crippen molar-refractivity contribution in [1.82, 2.24) is 9.55 Å².